The molecule has 0 saturated carbocycles. The lowest BCUT2D eigenvalue weighted by Gasteiger charge is -2.13. The van der Waals surface area contributed by atoms with Gasteiger partial charge in [0.05, 0.1) is 34.5 Å². The number of H-pyrrole nitrogens is 2. The first-order valence-electron chi connectivity index (χ1n) is 22.4. The molecular formula is C58H42N8O2. The van der Waals surface area contributed by atoms with Crippen molar-refractivity contribution in [3.8, 4) is 44.5 Å². The number of carbonyl (C=O) groups is 2. The summed E-state index contributed by atoms with van der Waals surface area (Å²) in [6.45, 7) is 1.85. The molecule has 0 aliphatic carbocycles. The molecule has 10 heteroatoms. The van der Waals surface area contributed by atoms with Crippen LogP contribution in [0.3, 0.4) is 0 Å². The van der Waals surface area contributed by atoms with E-state index in [0.717, 1.165) is 95.0 Å². The molecule has 9 aromatic rings. The summed E-state index contributed by atoms with van der Waals surface area (Å²) < 4.78 is 0. The minimum absolute atomic E-state index is 0.109. The second-order valence-corrected chi connectivity index (χ2v) is 16.5. The van der Waals surface area contributed by atoms with Crippen LogP contribution in [0.2, 0.25) is 0 Å². The number of aromatic nitrogens is 6. The lowest BCUT2D eigenvalue weighted by atomic mass is 10.0. The van der Waals surface area contributed by atoms with Gasteiger partial charge < -0.3 is 20.6 Å². The van der Waals surface area contributed by atoms with Gasteiger partial charge in [0, 0.05) is 56.2 Å². The van der Waals surface area contributed by atoms with Gasteiger partial charge in [0.1, 0.15) is 11.4 Å². The third-order valence-electron chi connectivity index (χ3n) is 12.1. The molecule has 4 N–H and O–H groups in total. The molecule has 0 unspecified atom stereocenters. The molecule has 1 atom stereocenters. The fourth-order valence-corrected chi connectivity index (χ4v) is 8.81. The van der Waals surface area contributed by atoms with Gasteiger partial charge in [0.15, 0.2) is 0 Å². The third kappa shape index (κ3) is 8.18. The number of anilines is 1. The highest BCUT2D eigenvalue weighted by atomic mass is 16.2. The number of benzene rings is 4. The molecule has 7 heterocycles. The van der Waals surface area contributed by atoms with Crippen LogP contribution in [0, 0.1) is 0 Å². The van der Waals surface area contributed by atoms with Gasteiger partial charge in [0.2, 0.25) is 0 Å². The fourth-order valence-electron chi connectivity index (χ4n) is 8.81. The summed E-state index contributed by atoms with van der Waals surface area (Å²) in [4.78, 5) is 53.9. The van der Waals surface area contributed by atoms with Crippen molar-refractivity contribution in [1.82, 2.24) is 35.2 Å². The Bertz CT molecular complexity index is 3560. The highest BCUT2D eigenvalue weighted by molar-refractivity contribution is 6.05. The summed E-state index contributed by atoms with van der Waals surface area (Å²) in [6.07, 6.45) is 10.0. The van der Waals surface area contributed by atoms with Crippen molar-refractivity contribution in [1.29, 1.82) is 0 Å². The van der Waals surface area contributed by atoms with E-state index in [1.807, 2.05) is 91.9 Å². The summed E-state index contributed by atoms with van der Waals surface area (Å²) in [5.74, 6) is -0.853. The smallest absolute Gasteiger partial charge is 0.274 e. The maximum atomic E-state index is 13.6. The monoisotopic (exact) mass is 882 g/mol. The van der Waals surface area contributed by atoms with Crippen LogP contribution in [0.25, 0.3) is 90.9 Å². The Kier molecular flexibility index (Phi) is 10.9. The first-order valence-corrected chi connectivity index (χ1v) is 22.4. The average Bonchev–Trinajstić information content (AvgIpc) is 4.25. The molecule has 5 aromatic heterocycles. The lowest BCUT2D eigenvalue weighted by molar-refractivity contribution is 0.0934. The van der Waals surface area contributed by atoms with Crippen molar-refractivity contribution >= 4 is 63.9 Å². The number of amides is 2. The molecular weight excluding hydrogens is 841 g/mol. The van der Waals surface area contributed by atoms with E-state index in [1.165, 1.54) is 0 Å². The molecule has 0 spiro atoms. The van der Waals surface area contributed by atoms with Gasteiger partial charge in [-0.1, -0.05) is 115 Å². The zero-order valence-electron chi connectivity index (χ0n) is 36.8. The van der Waals surface area contributed by atoms with E-state index in [4.69, 9.17) is 9.97 Å². The summed E-state index contributed by atoms with van der Waals surface area (Å²) >= 11 is 0. The Morgan fingerprint density at radius 1 is 0.426 bits per heavy atom. The molecule has 326 valence electrons. The highest BCUT2D eigenvalue weighted by Gasteiger charge is 2.20. The number of hydrogen-bond donors (Lipinski definition) is 4. The standard InChI is InChI=1S/C58H42N8O2/c1-36(42-20-11-12-35-59-42)60-57(67)51-21-13-22-52(66-51)58(68)61-41-25-23-40(24-26-41)56-49-33-31-47(64-49)54(38-16-7-3-8-17-38)45-29-27-43(62-45)53(37-14-5-2-6-15-37)44-28-30-46(63-44)55(39-18-9-4-10-19-39)48-32-34-50(56)65-48/h2-36,62,65H,1H3,(H,60,67)(H,61,68)/t36-/m0/s1. The average molecular weight is 883 g/mol. The number of aromatic amines is 2. The maximum Gasteiger partial charge on any atom is 0.274 e. The molecule has 11 rings (SSSR count). The topological polar surface area (TPSA) is 141 Å². The van der Waals surface area contributed by atoms with Crippen LogP contribution in [0.4, 0.5) is 5.69 Å². The van der Waals surface area contributed by atoms with Crippen molar-refractivity contribution < 1.29 is 9.59 Å². The number of nitrogens with one attached hydrogen (secondary N) is 4. The van der Waals surface area contributed by atoms with Gasteiger partial charge in [-0.15, -0.1) is 0 Å². The van der Waals surface area contributed by atoms with E-state index in [1.54, 1.807) is 24.4 Å². The minimum atomic E-state index is -0.447. The van der Waals surface area contributed by atoms with E-state index in [-0.39, 0.29) is 17.4 Å². The van der Waals surface area contributed by atoms with Crippen LogP contribution in [0.5, 0.6) is 0 Å². The number of pyridine rings is 2. The SMILES string of the molecule is C[C@H](NC(=O)c1cccc(C(=O)Nc2ccc(-c3c4nc(c(-c5ccccc5)c5ccc([nH]5)c(-c5ccccc5)c5nc(c(-c6ccccc6)c6ccc3[nH]6)C=C5)C=C4)cc2)n1)c1ccccn1. The highest BCUT2D eigenvalue weighted by Crippen LogP contribution is 2.38. The quantitative estimate of drug-likeness (QED) is 0.114. The molecule has 2 aliphatic heterocycles. The van der Waals surface area contributed by atoms with E-state index in [0.29, 0.717) is 5.69 Å². The number of hydrogen-bond acceptors (Lipinski definition) is 6. The van der Waals surface area contributed by atoms with Crippen LogP contribution < -0.4 is 10.6 Å². The third-order valence-corrected chi connectivity index (χ3v) is 12.1. The van der Waals surface area contributed by atoms with Gasteiger partial charge >= 0.3 is 0 Å². The lowest BCUT2D eigenvalue weighted by Crippen LogP contribution is -2.28. The van der Waals surface area contributed by atoms with Crippen molar-refractivity contribution in [3.05, 3.63) is 222 Å². The van der Waals surface area contributed by atoms with Gasteiger partial charge in [-0.25, -0.2) is 15.0 Å². The summed E-state index contributed by atoms with van der Waals surface area (Å²) in [5.41, 5.74) is 16.1. The molecule has 68 heavy (non-hydrogen) atoms. The number of fused-ring (bicyclic) bond motifs is 8. The van der Waals surface area contributed by atoms with Crippen molar-refractivity contribution in [2.45, 2.75) is 13.0 Å². The predicted octanol–water partition coefficient (Wildman–Crippen LogP) is 12.9. The minimum Gasteiger partial charge on any atom is -0.354 e. The normalized spacial score (nSPS) is 12.1. The molecule has 10 nitrogen and oxygen atoms in total. The second kappa shape index (κ2) is 17.9. The first kappa shape index (κ1) is 41.4. The Hall–Kier alpha value is -9.28. The molecule has 0 radical (unpaired) electrons. The molecule has 0 fully saturated rings. The summed E-state index contributed by atoms with van der Waals surface area (Å²) in [7, 11) is 0. The first-order chi connectivity index (χ1) is 33.4. The van der Waals surface area contributed by atoms with Crippen molar-refractivity contribution in [2.24, 2.45) is 0 Å². The van der Waals surface area contributed by atoms with E-state index in [9.17, 15) is 9.59 Å². The summed E-state index contributed by atoms with van der Waals surface area (Å²) in [5, 5.41) is 5.89. The Morgan fingerprint density at radius 3 is 1.26 bits per heavy atom. The zero-order valence-corrected chi connectivity index (χ0v) is 36.8. The molecule has 8 bridgehead atoms. The molecule has 2 amide bonds. The maximum absolute atomic E-state index is 13.6. The second-order valence-electron chi connectivity index (χ2n) is 16.5. The van der Waals surface area contributed by atoms with Gasteiger partial charge in [-0.3, -0.25) is 14.6 Å². The number of carbonyl (C=O) groups excluding carboxylic acids is 2. The Balaban J connectivity index is 1.04. The van der Waals surface area contributed by atoms with Gasteiger partial charge in [0.25, 0.3) is 11.8 Å². The molecule has 4 aromatic carbocycles. The number of nitrogens with zero attached hydrogens (tertiary/aromatic N) is 4. The predicted molar refractivity (Wildman–Crippen MR) is 273 cm³/mol. The van der Waals surface area contributed by atoms with Crippen LogP contribution in [-0.4, -0.2) is 41.7 Å². The number of rotatable bonds is 9. The molecule has 2 aliphatic rings. The van der Waals surface area contributed by atoms with E-state index >= 15 is 0 Å². The Morgan fingerprint density at radius 2 is 0.838 bits per heavy atom. The zero-order chi connectivity index (χ0) is 46.0. The van der Waals surface area contributed by atoms with E-state index in [2.05, 4.69) is 128 Å². The Labute approximate surface area is 391 Å². The van der Waals surface area contributed by atoms with Crippen molar-refractivity contribution in [3.63, 3.8) is 0 Å². The van der Waals surface area contributed by atoms with E-state index < -0.39 is 11.8 Å². The summed E-state index contributed by atoms with van der Waals surface area (Å²) in [6, 6.07) is 57.1. The van der Waals surface area contributed by atoms with Gasteiger partial charge in [-0.05, 0) is 114 Å². The largest absolute Gasteiger partial charge is 0.354 e. The molecule has 0 saturated heterocycles. The van der Waals surface area contributed by atoms with Gasteiger partial charge in [-0.2, -0.15) is 0 Å². The fraction of sp³-hybridized carbons (Fsp3) is 0.0345. The van der Waals surface area contributed by atoms with Crippen LogP contribution in [0.15, 0.2) is 182 Å². The van der Waals surface area contributed by atoms with Crippen molar-refractivity contribution in [2.75, 3.05) is 5.32 Å². The van der Waals surface area contributed by atoms with Crippen LogP contribution in [-0.2, 0) is 0 Å². The van der Waals surface area contributed by atoms with Crippen LogP contribution >= 0.6 is 0 Å². The van der Waals surface area contributed by atoms with Crippen LogP contribution in [0.1, 0.15) is 62.4 Å².